The number of aliphatic carboxylic acids is 1. The average molecular weight is 284 g/mol. The summed E-state index contributed by atoms with van der Waals surface area (Å²) in [7, 11) is 0. The number of nitrogens with zero attached hydrogens (tertiary/aromatic N) is 1. The number of carbonyl (C=O) groups is 1. The second kappa shape index (κ2) is 8.63. The number of carboxylic acid groups (broad SMARTS) is 1. The third-order valence-corrected chi connectivity index (χ3v) is 4.68. The van der Waals surface area contributed by atoms with Gasteiger partial charge in [0.25, 0.3) is 0 Å². The summed E-state index contributed by atoms with van der Waals surface area (Å²) >= 11 is 0. The highest BCUT2D eigenvalue weighted by molar-refractivity contribution is 5.78. The molecule has 0 aromatic heterocycles. The third-order valence-electron chi connectivity index (χ3n) is 4.68. The summed E-state index contributed by atoms with van der Waals surface area (Å²) in [5.74, 6) is 0.135. The second-order valence-corrected chi connectivity index (χ2v) is 6.36. The van der Waals surface area contributed by atoms with Crippen LogP contribution in [0.25, 0.3) is 0 Å². The van der Waals surface area contributed by atoms with E-state index in [2.05, 4.69) is 24.1 Å². The smallest absolute Gasteiger partial charge is 0.323 e. The molecule has 2 atom stereocenters. The maximum atomic E-state index is 11.5. The van der Waals surface area contributed by atoms with Crippen LogP contribution in [-0.2, 0) is 4.79 Å². The third kappa shape index (κ3) is 5.41. The van der Waals surface area contributed by atoms with Gasteiger partial charge in [-0.3, -0.25) is 4.79 Å². The van der Waals surface area contributed by atoms with Gasteiger partial charge in [0, 0.05) is 6.54 Å². The number of carboxylic acids is 1. The summed E-state index contributed by atoms with van der Waals surface area (Å²) in [5.41, 5.74) is -0.785. The van der Waals surface area contributed by atoms with Crippen LogP contribution in [0, 0.1) is 5.92 Å². The molecule has 0 spiro atoms. The van der Waals surface area contributed by atoms with Gasteiger partial charge >= 0.3 is 5.97 Å². The molecule has 0 aliphatic carbocycles. The Morgan fingerprint density at radius 3 is 2.70 bits per heavy atom. The molecule has 0 bridgehead atoms. The largest absolute Gasteiger partial charge is 0.480 e. The summed E-state index contributed by atoms with van der Waals surface area (Å²) in [6.45, 7) is 10.1. The van der Waals surface area contributed by atoms with Crippen LogP contribution in [0.3, 0.4) is 0 Å². The van der Waals surface area contributed by atoms with E-state index in [0.29, 0.717) is 6.42 Å². The van der Waals surface area contributed by atoms with Crippen molar-refractivity contribution < 1.29 is 9.90 Å². The van der Waals surface area contributed by atoms with Gasteiger partial charge in [-0.2, -0.15) is 0 Å². The number of nitrogens with one attached hydrogen (secondary N) is 1. The highest BCUT2D eigenvalue weighted by Gasteiger charge is 2.32. The summed E-state index contributed by atoms with van der Waals surface area (Å²) in [4.78, 5) is 13.9. The van der Waals surface area contributed by atoms with Crippen LogP contribution in [0.2, 0.25) is 0 Å². The molecular weight excluding hydrogens is 252 g/mol. The molecule has 0 aromatic carbocycles. The number of likely N-dealkylation sites (tertiary alicyclic amines) is 1. The van der Waals surface area contributed by atoms with Crippen molar-refractivity contribution in [1.82, 2.24) is 10.2 Å². The highest BCUT2D eigenvalue weighted by atomic mass is 16.4. The van der Waals surface area contributed by atoms with Gasteiger partial charge < -0.3 is 15.3 Å². The van der Waals surface area contributed by atoms with Gasteiger partial charge in [-0.15, -0.1) is 0 Å². The van der Waals surface area contributed by atoms with Crippen LogP contribution in [-0.4, -0.2) is 47.7 Å². The molecule has 2 N–H and O–H groups in total. The molecule has 1 aliphatic rings. The molecule has 1 aliphatic heterocycles. The SMILES string of the molecule is CCCNC(C)(CCN1CCCC(CC)CC1)C(=O)O. The standard InChI is InChI=1S/C16H32N2O2/c1-4-10-17-16(3,15(19)20)9-13-18-11-6-7-14(5-2)8-12-18/h14,17H,4-13H2,1-3H3,(H,19,20). The lowest BCUT2D eigenvalue weighted by molar-refractivity contribution is -0.144. The molecule has 0 amide bonds. The van der Waals surface area contributed by atoms with E-state index in [1.807, 2.05) is 6.92 Å². The molecule has 4 heteroatoms. The molecule has 4 nitrogen and oxygen atoms in total. The van der Waals surface area contributed by atoms with Crippen LogP contribution in [0.5, 0.6) is 0 Å². The topological polar surface area (TPSA) is 52.6 Å². The van der Waals surface area contributed by atoms with Crippen LogP contribution >= 0.6 is 0 Å². The van der Waals surface area contributed by atoms with Crippen LogP contribution in [0.15, 0.2) is 0 Å². The molecule has 0 aromatic rings. The molecule has 0 saturated carbocycles. The van der Waals surface area contributed by atoms with Crippen molar-refractivity contribution >= 4 is 5.97 Å². The van der Waals surface area contributed by atoms with E-state index in [-0.39, 0.29) is 0 Å². The predicted octanol–water partition coefficient (Wildman–Crippen LogP) is 2.73. The van der Waals surface area contributed by atoms with Crippen molar-refractivity contribution in [3.8, 4) is 0 Å². The van der Waals surface area contributed by atoms with E-state index in [1.165, 1.54) is 25.7 Å². The summed E-state index contributed by atoms with van der Waals surface area (Å²) in [6, 6.07) is 0. The lowest BCUT2D eigenvalue weighted by Gasteiger charge is -2.29. The first-order valence-corrected chi connectivity index (χ1v) is 8.22. The Bertz CT molecular complexity index is 296. The average Bonchev–Trinajstić information content (AvgIpc) is 2.67. The molecule has 118 valence electrons. The minimum absolute atomic E-state index is 0.680. The van der Waals surface area contributed by atoms with E-state index in [1.54, 1.807) is 0 Å². The Labute approximate surface area is 123 Å². The fraction of sp³-hybridized carbons (Fsp3) is 0.938. The molecule has 1 saturated heterocycles. The fourth-order valence-electron chi connectivity index (χ4n) is 2.91. The van der Waals surface area contributed by atoms with Gasteiger partial charge in [-0.25, -0.2) is 0 Å². The van der Waals surface area contributed by atoms with Gasteiger partial charge in [0.1, 0.15) is 5.54 Å². The first-order valence-electron chi connectivity index (χ1n) is 8.22. The summed E-state index contributed by atoms with van der Waals surface area (Å²) in [6.07, 6.45) is 6.77. The molecule has 2 unspecified atom stereocenters. The molecular formula is C16H32N2O2. The first kappa shape index (κ1) is 17.4. The molecule has 1 heterocycles. The van der Waals surface area contributed by atoms with E-state index < -0.39 is 11.5 Å². The van der Waals surface area contributed by atoms with Crippen LogP contribution < -0.4 is 5.32 Å². The zero-order valence-corrected chi connectivity index (χ0v) is 13.5. The zero-order valence-electron chi connectivity index (χ0n) is 13.5. The van der Waals surface area contributed by atoms with Crippen molar-refractivity contribution in [2.75, 3.05) is 26.2 Å². The minimum Gasteiger partial charge on any atom is -0.480 e. The van der Waals surface area contributed by atoms with Gasteiger partial charge in [0.05, 0.1) is 0 Å². The first-order chi connectivity index (χ1) is 9.51. The second-order valence-electron chi connectivity index (χ2n) is 6.36. The zero-order chi connectivity index (χ0) is 15.0. The van der Waals surface area contributed by atoms with Gasteiger partial charge in [0.2, 0.25) is 0 Å². The summed E-state index contributed by atoms with van der Waals surface area (Å²) < 4.78 is 0. The maximum Gasteiger partial charge on any atom is 0.323 e. The Morgan fingerprint density at radius 2 is 2.10 bits per heavy atom. The minimum atomic E-state index is -0.785. The highest BCUT2D eigenvalue weighted by Crippen LogP contribution is 2.21. The molecule has 0 radical (unpaired) electrons. The molecule has 1 rings (SSSR count). The van der Waals surface area contributed by atoms with E-state index >= 15 is 0 Å². The van der Waals surface area contributed by atoms with E-state index in [4.69, 9.17) is 0 Å². The predicted molar refractivity (Wildman–Crippen MR) is 83.0 cm³/mol. The van der Waals surface area contributed by atoms with Gasteiger partial charge in [0.15, 0.2) is 0 Å². The number of hydrogen-bond donors (Lipinski definition) is 2. The Balaban J connectivity index is 2.44. The van der Waals surface area contributed by atoms with Crippen molar-refractivity contribution in [2.45, 2.75) is 64.8 Å². The Hall–Kier alpha value is -0.610. The maximum absolute atomic E-state index is 11.5. The van der Waals surface area contributed by atoms with Crippen LogP contribution in [0.4, 0.5) is 0 Å². The van der Waals surface area contributed by atoms with Crippen molar-refractivity contribution in [2.24, 2.45) is 5.92 Å². The lowest BCUT2D eigenvalue weighted by Crippen LogP contribution is -2.51. The number of rotatable bonds is 8. The number of hydrogen-bond acceptors (Lipinski definition) is 3. The summed E-state index contributed by atoms with van der Waals surface area (Å²) in [5, 5.41) is 12.6. The molecule has 1 fully saturated rings. The van der Waals surface area contributed by atoms with Crippen molar-refractivity contribution in [3.05, 3.63) is 0 Å². The Morgan fingerprint density at radius 1 is 1.35 bits per heavy atom. The van der Waals surface area contributed by atoms with Crippen molar-refractivity contribution in [1.29, 1.82) is 0 Å². The molecule has 20 heavy (non-hydrogen) atoms. The van der Waals surface area contributed by atoms with E-state index in [0.717, 1.165) is 38.5 Å². The lowest BCUT2D eigenvalue weighted by atomic mass is 9.97. The van der Waals surface area contributed by atoms with Crippen LogP contribution in [0.1, 0.15) is 59.3 Å². The van der Waals surface area contributed by atoms with Crippen molar-refractivity contribution in [3.63, 3.8) is 0 Å². The Kier molecular flexibility index (Phi) is 7.52. The van der Waals surface area contributed by atoms with Gasteiger partial charge in [-0.05, 0) is 64.6 Å². The quantitative estimate of drug-likeness (QED) is 0.719. The van der Waals surface area contributed by atoms with E-state index in [9.17, 15) is 9.90 Å². The fourth-order valence-corrected chi connectivity index (χ4v) is 2.91. The van der Waals surface area contributed by atoms with Gasteiger partial charge in [-0.1, -0.05) is 20.3 Å². The normalized spacial score (nSPS) is 24.1. The monoisotopic (exact) mass is 284 g/mol.